The fourth-order valence-electron chi connectivity index (χ4n) is 4.41. The van der Waals surface area contributed by atoms with Crippen LogP contribution in [0.25, 0.3) is 11.4 Å². The lowest BCUT2D eigenvalue weighted by Crippen LogP contribution is -2.43. The zero-order chi connectivity index (χ0) is 19.3. The summed E-state index contributed by atoms with van der Waals surface area (Å²) >= 11 is 1.54. The first kappa shape index (κ1) is 19.4. The van der Waals surface area contributed by atoms with E-state index < -0.39 is 0 Å². The van der Waals surface area contributed by atoms with Crippen LogP contribution in [-0.2, 0) is 4.79 Å². The first-order valence-corrected chi connectivity index (χ1v) is 11.5. The summed E-state index contributed by atoms with van der Waals surface area (Å²) in [4.78, 5) is 19.1. The van der Waals surface area contributed by atoms with Crippen LogP contribution in [-0.4, -0.2) is 48.9 Å². The van der Waals surface area contributed by atoms with Crippen molar-refractivity contribution in [2.24, 2.45) is 0 Å². The molecule has 3 heterocycles. The number of aromatic nitrogens is 4. The molecule has 6 nitrogen and oxygen atoms in total. The molecule has 1 amide bonds. The summed E-state index contributed by atoms with van der Waals surface area (Å²) in [7, 11) is 0. The second-order valence-electron chi connectivity index (χ2n) is 7.93. The van der Waals surface area contributed by atoms with Crippen LogP contribution < -0.4 is 0 Å². The molecule has 0 N–H and O–H groups in total. The van der Waals surface area contributed by atoms with E-state index in [4.69, 9.17) is 0 Å². The van der Waals surface area contributed by atoms with Gasteiger partial charge in [-0.1, -0.05) is 31.0 Å². The van der Waals surface area contributed by atoms with Crippen LogP contribution in [0.4, 0.5) is 0 Å². The summed E-state index contributed by atoms with van der Waals surface area (Å²) in [5.41, 5.74) is 0.989. The number of pyridine rings is 1. The standard InChI is InChI=1S/C21H29N5OS/c1-16-8-5-6-13-25(16)19(27)15-28-21-24-23-20(17-9-7-12-22-14-17)26(21)18-10-3-2-4-11-18/h7,9,12,14,16,18H,2-6,8,10-11,13,15H2,1H3/t16-/m1/s1. The van der Waals surface area contributed by atoms with Gasteiger partial charge in [-0.15, -0.1) is 10.2 Å². The summed E-state index contributed by atoms with van der Waals surface area (Å²) < 4.78 is 2.27. The Morgan fingerprint density at radius 1 is 1.14 bits per heavy atom. The molecule has 1 atom stereocenters. The third-order valence-electron chi connectivity index (χ3n) is 5.97. The Morgan fingerprint density at radius 3 is 2.71 bits per heavy atom. The van der Waals surface area contributed by atoms with Crippen LogP contribution in [0.2, 0.25) is 0 Å². The topological polar surface area (TPSA) is 63.9 Å². The average Bonchev–Trinajstić information content (AvgIpc) is 3.17. The molecule has 0 unspecified atom stereocenters. The number of piperidine rings is 1. The van der Waals surface area contributed by atoms with Gasteiger partial charge in [-0.25, -0.2) is 0 Å². The highest BCUT2D eigenvalue weighted by Crippen LogP contribution is 2.35. The van der Waals surface area contributed by atoms with E-state index in [1.807, 2.05) is 23.2 Å². The smallest absolute Gasteiger partial charge is 0.233 e. The molecule has 0 radical (unpaired) electrons. The summed E-state index contributed by atoms with van der Waals surface area (Å²) in [6.07, 6.45) is 13.2. The average molecular weight is 400 g/mol. The third kappa shape index (κ3) is 4.24. The van der Waals surface area contributed by atoms with E-state index in [-0.39, 0.29) is 5.91 Å². The van der Waals surface area contributed by atoms with E-state index in [1.54, 1.807) is 6.20 Å². The summed E-state index contributed by atoms with van der Waals surface area (Å²) in [6.45, 7) is 3.05. The quantitative estimate of drug-likeness (QED) is 0.700. The van der Waals surface area contributed by atoms with Gasteiger partial charge >= 0.3 is 0 Å². The van der Waals surface area contributed by atoms with Crippen molar-refractivity contribution in [3.8, 4) is 11.4 Å². The molecule has 150 valence electrons. The number of amides is 1. The first-order chi connectivity index (χ1) is 13.7. The second-order valence-corrected chi connectivity index (χ2v) is 8.87. The number of carbonyl (C=O) groups excluding carboxylic acids is 1. The zero-order valence-corrected chi connectivity index (χ0v) is 17.4. The number of hydrogen-bond donors (Lipinski definition) is 0. The van der Waals surface area contributed by atoms with E-state index in [1.165, 1.54) is 37.4 Å². The molecule has 0 bridgehead atoms. The predicted octanol–water partition coefficient (Wildman–Crippen LogP) is 4.34. The maximum atomic E-state index is 12.8. The Hall–Kier alpha value is -1.89. The molecule has 1 aliphatic heterocycles. The van der Waals surface area contributed by atoms with E-state index in [0.717, 1.165) is 48.8 Å². The minimum absolute atomic E-state index is 0.221. The van der Waals surface area contributed by atoms with Gasteiger partial charge in [-0.3, -0.25) is 14.3 Å². The molecule has 2 aromatic rings. The van der Waals surface area contributed by atoms with Crippen LogP contribution in [0.3, 0.4) is 0 Å². The molecule has 0 spiro atoms. The minimum Gasteiger partial charge on any atom is -0.339 e. The number of carbonyl (C=O) groups is 1. The van der Waals surface area contributed by atoms with Gasteiger partial charge < -0.3 is 4.90 Å². The van der Waals surface area contributed by atoms with Crippen LogP contribution in [0.1, 0.15) is 64.3 Å². The number of likely N-dealkylation sites (tertiary alicyclic amines) is 1. The highest BCUT2D eigenvalue weighted by atomic mass is 32.2. The fraction of sp³-hybridized carbons (Fsp3) is 0.619. The molecule has 1 saturated carbocycles. The fourth-order valence-corrected chi connectivity index (χ4v) is 5.31. The van der Waals surface area contributed by atoms with Crippen molar-refractivity contribution in [1.82, 2.24) is 24.6 Å². The van der Waals surface area contributed by atoms with Gasteiger partial charge in [-0.05, 0) is 51.2 Å². The Labute approximate surface area is 171 Å². The lowest BCUT2D eigenvalue weighted by molar-refractivity contribution is -0.131. The van der Waals surface area contributed by atoms with Crippen LogP contribution >= 0.6 is 11.8 Å². The highest BCUT2D eigenvalue weighted by Gasteiger charge is 2.27. The van der Waals surface area contributed by atoms with Gasteiger partial charge in [0.2, 0.25) is 5.91 Å². The molecular weight excluding hydrogens is 370 g/mol. The summed E-state index contributed by atoms with van der Waals surface area (Å²) in [5, 5.41) is 9.84. The zero-order valence-electron chi connectivity index (χ0n) is 16.6. The van der Waals surface area contributed by atoms with Crippen molar-refractivity contribution in [3.63, 3.8) is 0 Å². The van der Waals surface area contributed by atoms with E-state index >= 15 is 0 Å². The Morgan fingerprint density at radius 2 is 1.96 bits per heavy atom. The third-order valence-corrected chi connectivity index (χ3v) is 6.90. The second kappa shape index (κ2) is 9.07. The first-order valence-electron chi connectivity index (χ1n) is 10.5. The highest BCUT2D eigenvalue weighted by molar-refractivity contribution is 7.99. The van der Waals surface area contributed by atoms with Crippen LogP contribution in [0.5, 0.6) is 0 Å². The van der Waals surface area contributed by atoms with Crippen molar-refractivity contribution >= 4 is 17.7 Å². The van der Waals surface area contributed by atoms with Gasteiger partial charge in [0.15, 0.2) is 11.0 Å². The molecule has 1 saturated heterocycles. The molecule has 2 fully saturated rings. The number of hydrogen-bond acceptors (Lipinski definition) is 5. The van der Waals surface area contributed by atoms with E-state index in [0.29, 0.717) is 17.8 Å². The molecular formula is C21H29N5OS. The monoisotopic (exact) mass is 399 g/mol. The van der Waals surface area contributed by atoms with Gasteiger partial charge in [0.05, 0.1) is 5.75 Å². The van der Waals surface area contributed by atoms with E-state index in [9.17, 15) is 4.79 Å². The number of thioether (sulfide) groups is 1. The maximum absolute atomic E-state index is 12.8. The van der Waals surface area contributed by atoms with Crippen molar-refractivity contribution in [1.29, 1.82) is 0 Å². The molecule has 28 heavy (non-hydrogen) atoms. The molecule has 2 aliphatic rings. The van der Waals surface area contributed by atoms with Gasteiger partial charge in [0.1, 0.15) is 0 Å². The van der Waals surface area contributed by atoms with Crippen molar-refractivity contribution in [3.05, 3.63) is 24.5 Å². The van der Waals surface area contributed by atoms with Crippen LogP contribution in [0, 0.1) is 0 Å². The van der Waals surface area contributed by atoms with Crippen molar-refractivity contribution in [2.45, 2.75) is 75.5 Å². The normalized spacial score (nSPS) is 21.0. The lowest BCUT2D eigenvalue weighted by atomic mass is 9.95. The summed E-state index contributed by atoms with van der Waals surface area (Å²) in [6, 6.07) is 4.73. The Kier molecular flexibility index (Phi) is 6.29. The van der Waals surface area contributed by atoms with Crippen molar-refractivity contribution in [2.75, 3.05) is 12.3 Å². The van der Waals surface area contributed by atoms with Crippen molar-refractivity contribution < 1.29 is 4.79 Å². The van der Waals surface area contributed by atoms with Gasteiger partial charge in [0.25, 0.3) is 0 Å². The maximum Gasteiger partial charge on any atom is 0.233 e. The van der Waals surface area contributed by atoms with Gasteiger partial charge in [-0.2, -0.15) is 0 Å². The SMILES string of the molecule is C[C@@H]1CCCCN1C(=O)CSc1nnc(-c2cccnc2)n1C1CCCCC1. The van der Waals surface area contributed by atoms with Gasteiger partial charge in [0, 0.05) is 36.6 Å². The summed E-state index contributed by atoms with van der Waals surface area (Å²) in [5.74, 6) is 1.53. The number of rotatable bonds is 5. The Balaban J connectivity index is 1.54. The molecule has 7 heteroatoms. The predicted molar refractivity (Wildman–Crippen MR) is 111 cm³/mol. The number of nitrogens with zero attached hydrogens (tertiary/aromatic N) is 5. The largest absolute Gasteiger partial charge is 0.339 e. The Bertz CT molecular complexity index is 787. The lowest BCUT2D eigenvalue weighted by Gasteiger charge is -2.33. The minimum atomic E-state index is 0.221. The van der Waals surface area contributed by atoms with E-state index in [2.05, 4.69) is 26.7 Å². The molecule has 0 aromatic carbocycles. The molecule has 1 aliphatic carbocycles. The molecule has 2 aromatic heterocycles. The molecule has 4 rings (SSSR count). The van der Waals surface area contributed by atoms with Crippen LogP contribution in [0.15, 0.2) is 29.7 Å².